The molecule has 0 bridgehead atoms. The Morgan fingerprint density at radius 3 is 2.08 bits per heavy atom. The van der Waals surface area contributed by atoms with Crippen LogP contribution in [0.2, 0.25) is 5.02 Å². The second kappa shape index (κ2) is 6.39. The predicted molar refractivity (Wildman–Crippen MR) is 85.7 cm³/mol. The highest BCUT2D eigenvalue weighted by atomic mass is 35.5. The number of halogens is 5. The van der Waals surface area contributed by atoms with Gasteiger partial charge in [-0.05, 0) is 12.1 Å². The van der Waals surface area contributed by atoms with E-state index >= 15 is 0 Å². The third kappa shape index (κ3) is 3.78. The van der Waals surface area contributed by atoms with E-state index in [0.717, 1.165) is 18.3 Å². The minimum Gasteiger partial charge on any atom is -0.214 e. The first-order valence-corrected chi connectivity index (χ1v) is 10.5. The van der Waals surface area contributed by atoms with Gasteiger partial charge in [0.05, 0.1) is 30.0 Å². The van der Waals surface area contributed by atoms with Crippen LogP contribution in [0.4, 0.5) is 23.4 Å². The van der Waals surface area contributed by atoms with Gasteiger partial charge in [-0.3, -0.25) is 0 Å². The predicted octanol–water partition coefficient (Wildman–Crippen LogP) is 2.41. The molecule has 0 aliphatic rings. The van der Waals surface area contributed by atoms with Crippen molar-refractivity contribution in [2.45, 2.75) is 6.18 Å². The maximum atomic E-state index is 14.0. The molecule has 14 heteroatoms. The molecule has 0 radical (unpaired) electrons. The van der Waals surface area contributed by atoms with E-state index in [2.05, 4.69) is 5.10 Å². The van der Waals surface area contributed by atoms with Crippen molar-refractivity contribution in [2.75, 3.05) is 16.2 Å². The maximum absolute atomic E-state index is 14.0. The van der Waals surface area contributed by atoms with Crippen molar-refractivity contribution in [3.8, 4) is 5.69 Å². The molecule has 7 nitrogen and oxygen atoms in total. The number of hydrogen-bond donors (Lipinski definition) is 0. The summed E-state index contributed by atoms with van der Waals surface area (Å²) in [4.78, 5) is 0. The normalized spacial score (nSPS) is 13.0. The van der Waals surface area contributed by atoms with Crippen LogP contribution >= 0.6 is 11.6 Å². The van der Waals surface area contributed by atoms with Gasteiger partial charge in [0, 0.05) is 6.07 Å². The molecule has 144 valence electrons. The van der Waals surface area contributed by atoms with Gasteiger partial charge in [-0.1, -0.05) is 11.6 Å². The molecular weight excluding hydrogens is 426 g/mol. The smallest absolute Gasteiger partial charge is 0.214 e. The molecule has 0 N–H and O–H groups in total. The lowest BCUT2D eigenvalue weighted by molar-refractivity contribution is -0.139. The van der Waals surface area contributed by atoms with E-state index in [1.165, 1.54) is 0 Å². The summed E-state index contributed by atoms with van der Waals surface area (Å²) in [6.45, 7) is 0. The van der Waals surface area contributed by atoms with Crippen molar-refractivity contribution in [3.05, 3.63) is 40.8 Å². The second-order valence-electron chi connectivity index (χ2n) is 5.08. The van der Waals surface area contributed by atoms with E-state index in [1.54, 1.807) is 0 Å². The zero-order chi connectivity index (χ0) is 20.1. The average molecular weight is 436 g/mol. The third-order valence-corrected chi connectivity index (χ3v) is 6.57. The van der Waals surface area contributed by atoms with Crippen LogP contribution in [-0.2, 0) is 26.2 Å². The van der Waals surface area contributed by atoms with Gasteiger partial charge in [-0.25, -0.2) is 25.9 Å². The molecule has 0 atom stereocenters. The average Bonchev–Trinajstić information content (AvgIpc) is 2.85. The van der Waals surface area contributed by atoms with Gasteiger partial charge >= 0.3 is 6.18 Å². The van der Waals surface area contributed by atoms with Crippen LogP contribution in [0.25, 0.3) is 5.69 Å². The first-order chi connectivity index (χ1) is 11.7. The summed E-state index contributed by atoms with van der Waals surface area (Å²) in [6.07, 6.45) is -2.84. The Bertz CT molecular complexity index is 1030. The molecule has 2 rings (SSSR count). The van der Waals surface area contributed by atoms with E-state index in [-0.39, 0.29) is 3.71 Å². The molecular formula is C12H10ClF4N3O4S2. The molecule has 0 saturated carbocycles. The lowest BCUT2D eigenvalue weighted by Crippen LogP contribution is -2.36. The summed E-state index contributed by atoms with van der Waals surface area (Å²) in [5, 5.41) is 2.63. The van der Waals surface area contributed by atoms with E-state index < -0.39 is 54.1 Å². The van der Waals surface area contributed by atoms with Crippen LogP contribution in [0.15, 0.2) is 24.4 Å². The fourth-order valence-electron chi connectivity index (χ4n) is 2.13. The molecule has 0 saturated heterocycles. The van der Waals surface area contributed by atoms with Crippen LogP contribution in [0.1, 0.15) is 5.56 Å². The van der Waals surface area contributed by atoms with Crippen molar-refractivity contribution in [1.82, 2.24) is 9.78 Å². The minimum absolute atomic E-state index is 0.00109. The molecule has 0 aliphatic carbocycles. The standard InChI is InChI=1S/C12H10ClF4N3O4S2/c1-25(21,22)20(26(2,23)24)9-5-6-18-19(9)8-4-3-7(12(15,16)17)11(14)10(8)13/h3-6H,1-2H3. The molecule has 0 spiro atoms. The highest BCUT2D eigenvalue weighted by Gasteiger charge is 2.36. The minimum atomic E-state index is -5.01. The first kappa shape index (κ1) is 20.5. The maximum Gasteiger partial charge on any atom is 0.419 e. The Kier molecular flexibility index (Phi) is 5.02. The zero-order valence-electron chi connectivity index (χ0n) is 13.0. The number of hydrogen-bond acceptors (Lipinski definition) is 5. The molecule has 26 heavy (non-hydrogen) atoms. The zero-order valence-corrected chi connectivity index (χ0v) is 15.4. The topological polar surface area (TPSA) is 89.3 Å². The van der Waals surface area contributed by atoms with Gasteiger partial charge < -0.3 is 0 Å². The summed E-state index contributed by atoms with van der Waals surface area (Å²) in [5.74, 6) is -2.38. The monoisotopic (exact) mass is 435 g/mol. The SMILES string of the molecule is CS(=O)(=O)N(c1ccnn1-c1ccc(C(F)(F)F)c(F)c1Cl)S(C)(=O)=O. The van der Waals surface area contributed by atoms with Gasteiger partial charge in [-0.2, -0.15) is 18.3 Å². The van der Waals surface area contributed by atoms with Gasteiger partial charge in [0.2, 0.25) is 20.0 Å². The van der Waals surface area contributed by atoms with E-state index in [1.807, 2.05) is 0 Å². The van der Waals surface area contributed by atoms with Gasteiger partial charge in [0.25, 0.3) is 0 Å². The Morgan fingerprint density at radius 1 is 1.08 bits per heavy atom. The Labute approximate surface area is 150 Å². The second-order valence-corrected chi connectivity index (χ2v) is 9.35. The van der Waals surface area contributed by atoms with Crippen LogP contribution in [0.3, 0.4) is 0 Å². The van der Waals surface area contributed by atoms with Crippen molar-refractivity contribution in [1.29, 1.82) is 0 Å². The summed E-state index contributed by atoms with van der Waals surface area (Å²) in [7, 11) is -8.73. The number of sulfonamides is 2. The van der Waals surface area contributed by atoms with Gasteiger partial charge in [-0.15, -0.1) is 3.71 Å². The van der Waals surface area contributed by atoms with Crippen LogP contribution in [0.5, 0.6) is 0 Å². The largest absolute Gasteiger partial charge is 0.419 e. The molecule has 2 aromatic rings. The van der Waals surface area contributed by atoms with Gasteiger partial charge in [0.1, 0.15) is 5.02 Å². The lowest BCUT2D eigenvalue weighted by Gasteiger charge is -2.21. The van der Waals surface area contributed by atoms with Crippen molar-refractivity contribution >= 4 is 37.5 Å². The highest BCUT2D eigenvalue weighted by Crippen LogP contribution is 2.37. The summed E-state index contributed by atoms with van der Waals surface area (Å²) >= 11 is 5.65. The highest BCUT2D eigenvalue weighted by molar-refractivity contribution is 8.09. The third-order valence-electron chi connectivity index (χ3n) is 3.01. The number of anilines is 1. The lowest BCUT2D eigenvalue weighted by atomic mass is 10.2. The van der Waals surface area contributed by atoms with Gasteiger partial charge in [0.15, 0.2) is 11.6 Å². The van der Waals surface area contributed by atoms with Crippen LogP contribution < -0.4 is 3.71 Å². The molecule has 0 amide bonds. The summed E-state index contributed by atoms with van der Waals surface area (Å²) in [5.41, 5.74) is -2.11. The number of alkyl halides is 3. The fourth-order valence-corrected chi connectivity index (χ4v) is 5.30. The number of nitrogens with zero attached hydrogens (tertiary/aromatic N) is 3. The molecule has 0 unspecified atom stereocenters. The van der Waals surface area contributed by atoms with E-state index in [0.29, 0.717) is 23.3 Å². The Morgan fingerprint density at radius 2 is 1.62 bits per heavy atom. The summed E-state index contributed by atoms with van der Waals surface area (Å²) < 4.78 is 100. The van der Waals surface area contributed by atoms with Crippen LogP contribution in [0, 0.1) is 5.82 Å². The molecule has 1 aromatic carbocycles. The van der Waals surface area contributed by atoms with Crippen LogP contribution in [-0.4, -0.2) is 39.1 Å². The number of benzene rings is 1. The Balaban J connectivity index is 2.75. The summed E-state index contributed by atoms with van der Waals surface area (Å²) in [6, 6.07) is 2.09. The number of aromatic nitrogens is 2. The Hall–Kier alpha value is -1.86. The molecule has 1 heterocycles. The van der Waals surface area contributed by atoms with Crippen molar-refractivity contribution < 1.29 is 34.4 Å². The fraction of sp³-hybridized carbons (Fsp3) is 0.250. The molecule has 0 aliphatic heterocycles. The molecule has 1 aromatic heterocycles. The quantitative estimate of drug-likeness (QED) is 0.688. The van der Waals surface area contributed by atoms with Crippen molar-refractivity contribution in [3.63, 3.8) is 0 Å². The first-order valence-electron chi connectivity index (χ1n) is 6.45. The van der Waals surface area contributed by atoms with E-state index in [9.17, 15) is 34.4 Å². The molecule has 0 fully saturated rings. The van der Waals surface area contributed by atoms with Crippen molar-refractivity contribution in [2.24, 2.45) is 0 Å². The van der Waals surface area contributed by atoms with E-state index in [4.69, 9.17) is 11.6 Å². The number of rotatable bonds is 4.